The van der Waals surface area contributed by atoms with Gasteiger partial charge in [0, 0.05) is 11.9 Å². The summed E-state index contributed by atoms with van der Waals surface area (Å²) >= 11 is 3.44. The lowest BCUT2D eigenvalue weighted by Gasteiger charge is -2.14. The highest BCUT2D eigenvalue weighted by Crippen LogP contribution is 2.48. The monoisotopic (exact) mass is 313 g/mol. The number of benzene rings is 1. The van der Waals surface area contributed by atoms with Gasteiger partial charge in [0.1, 0.15) is 5.82 Å². The van der Waals surface area contributed by atoms with E-state index in [1.165, 1.54) is 25.0 Å². The van der Waals surface area contributed by atoms with Crippen LogP contribution in [0.4, 0.5) is 4.39 Å². The van der Waals surface area contributed by atoms with E-state index in [1.807, 2.05) is 0 Å². The Morgan fingerprint density at radius 2 is 2.00 bits per heavy atom. The van der Waals surface area contributed by atoms with Gasteiger partial charge < -0.3 is 5.32 Å². The molecule has 0 spiro atoms. The van der Waals surface area contributed by atoms with Crippen molar-refractivity contribution in [2.24, 2.45) is 5.41 Å². The molecule has 98 valence electrons. The molecule has 0 aliphatic heterocycles. The molecule has 1 fully saturated rings. The minimum absolute atomic E-state index is 0.0162. The van der Waals surface area contributed by atoms with Crippen molar-refractivity contribution in [3.63, 3.8) is 0 Å². The van der Waals surface area contributed by atoms with E-state index >= 15 is 0 Å². The maximum atomic E-state index is 12.7. The molecule has 0 radical (unpaired) electrons. The molecule has 1 N–H and O–H groups in total. The average molecular weight is 314 g/mol. The van der Waals surface area contributed by atoms with E-state index in [-0.39, 0.29) is 11.7 Å². The maximum absolute atomic E-state index is 12.7. The topological polar surface area (TPSA) is 29.1 Å². The molecule has 2 nitrogen and oxygen atoms in total. The highest BCUT2D eigenvalue weighted by Gasteiger charge is 2.41. The van der Waals surface area contributed by atoms with Gasteiger partial charge in [0.15, 0.2) is 0 Å². The van der Waals surface area contributed by atoms with Gasteiger partial charge in [-0.15, -0.1) is 0 Å². The van der Waals surface area contributed by atoms with Gasteiger partial charge in [-0.2, -0.15) is 0 Å². The lowest BCUT2D eigenvalue weighted by Crippen LogP contribution is -2.31. The van der Waals surface area contributed by atoms with Crippen molar-refractivity contribution >= 4 is 21.8 Å². The van der Waals surface area contributed by atoms with Crippen LogP contribution in [0.2, 0.25) is 0 Å². The van der Waals surface area contributed by atoms with Crippen molar-refractivity contribution in [1.82, 2.24) is 5.32 Å². The molecule has 1 aliphatic rings. The molecular formula is C14H17BrFNO. The number of rotatable bonds is 6. The Morgan fingerprint density at radius 1 is 1.33 bits per heavy atom. The lowest BCUT2D eigenvalue weighted by molar-refractivity contribution is -0.120. The van der Waals surface area contributed by atoms with Crippen LogP contribution in [0.15, 0.2) is 24.3 Å². The summed E-state index contributed by atoms with van der Waals surface area (Å²) in [7, 11) is 0. The summed E-state index contributed by atoms with van der Waals surface area (Å²) in [6.07, 6.45) is 3.85. The number of hydrogen-bond donors (Lipinski definition) is 1. The standard InChI is InChI=1S/C14H17BrFNO/c15-8-7-14(5-6-14)10-17-13(18)9-11-1-3-12(16)4-2-11/h1-4H,5-10H2,(H,17,18). The van der Waals surface area contributed by atoms with Crippen molar-refractivity contribution in [2.45, 2.75) is 25.7 Å². The summed E-state index contributed by atoms with van der Waals surface area (Å²) in [6.45, 7) is 0.763. The quantitative estimate of drug-likeness (QED) is 0.804. The van der Waals surface area contributed by atoms with Crippen LogP contribution >= 0.6 is 15.9 Å². The van der Waals surface area contributed by atoms with Crippen LogP contribution in [0.25, 0.3) is 0 Å². The van der Waals surface area contributed by atoms with E-state index in [0.717, 1.165) is 23.9 Å². The van der Waals surface area contributed by atoms with Crippen molar-refractivity contribution in [1.29, 1.82) is 0 Å². The molecule has 1 amide bonds. The highest BCUT2D eigenvalue weighted by atomic mass is 79.9. The van der Waals surface area contributed by atoms with E-state index in [9.17, 15) is 9.18 Å². The van der Waals surface area contributed by atoms with Crippen molar-refractivity contribution < 1.29 is 9.18 Å². The van der Waals surface area contributed by atoms with Gasteiger partial charge in [-0.3, -0.25) is 4.79 Å². The molecule has 1 aromatic carbocycles. The normalized spacial score (nSPS) is 16.3. The molecule has 0 heterocycles. The second-order valence-corrected chi connectivity index (χ2v) is 5.81. The number of amides is 1. The predicted octanol–water partition coefficient (Wildman–Crippen LogP) is 3.05. The Morgan fingerprint density at radius 3 is 2.56 bits per heavy atom. The van der Waals surface area contributed by atoms with Crippen molar-refractivity contribution in [2.75, 3.05) is 11.9 Å². The number of carbonyl (C=O) groups excluding carboxylic acids is 1. The van der Waals surface area contributed by atoms with Crippen LogP contribution in [0.1, 0.15) is 24.8 Å². The lowest BCUT2D eigenvalue weighted by atomic mass is 10.0. The third-order valence-corrected chi connectivity index (χ3v) is 3.92. The van der Waals surface area contributed by atoms with Gasteiger partial charge in [0.25, 0.3) is 0 Å². The summed E-state index contributed by atoms with van der Waals surface area (Å²) in [4.78, 5) is 11.8. The zero-order valence-corrected chi connectivity index (χ0v) is 11.8. The minimum atomic E-state index is -0.270. The number of nitrogens with one attached hydrogen (secondary N) is 1. The SMILES string of the molecule is O=C(Cc1ccc(F)cc1)NCC1(CCBr)CC1. The summed E-state index contributed by atoms with van der Waals surface area (Å²) < 4.78 is 12.7. The molecule has 0 atom stereocenters. The van der Waals surface area contributed by atoms with Crippen LogP contribution in [-0.4, -0.2) is 17.8 Å². The van der Waals surface area contributed by atoms with E-state index < -0.39 is 0 Å². The number of carbonyl (C=O) groups is 1. The molecule has 0 aromatic heterocycles. The fourth-order valence-corrected chi connectivity index (χ4v) is 2.87. The molecule has 18 heavy (non-hydrogen) atoms. The third-order valence-electron chi connectivity index (χ3n) is 3.52. The third kappa shape index (κ3) is 3.80. The Labute approximate surface area is 115 Å². The zero-order chi connectivity index (χ0) is 13.0. The first-order valence-electron chi connectivity index (χ1n) is 6.21. The van der Waals surface area contributed by atoms with Crippen LogP contribution in [0, 0.1) is 11.2 Å². The Hall–Kier alpha value is -0.900. The van der Waals surface area contributed by atoms with Gasteiger partial charge in [-0.05, 0) is 42.4 Å². The van der Waals surface area contributed by atoms with Gasteiger partial charge >= 0.3 is 0 Å². The van der Waals surface area contributed by atoms with E-state index in [0.29, 0.717) is 11.8 Å². The van der Waals surface area contributed by atoms with E-state index in [1.54, 1.807) is 12.1 Å². The Kier molecular flexibility index (Phi) is 4.38. The zero-order valence-electron chi connectivity index (χ0n) is 10.2. The molecule has 1 aromatic rings. The van der Waals surface area contributed by atoms with Crippen LogP contribution in [0.5, 0.6) is 0 Å². The van der Waals surface area contributed by atoms with E-state index in [2.05, 4.69) is 21.2 Å². The largest absolute Gasteiger partial charge is 0.355 e. The number of alkyl halides is 1. The number of halogens is 2. The summed E-state index contributed by atoms with van der Waals surface area (Å²) in [6, 6.07) is 6.08. The predicted molar refractivity (Wildman–Crippen MR) is 73.2 cm³/mol. The van der Waals surface area contributed by atoms with Gasteiger partial charge in [0.05, 0.1) is 6.42 Å². The molecule has 0 saturated heterocycles. The average Bonchev–Trinajstić information content (AvgIpc) is 3.11. The Bertz CT molecular complexity index is 414. The van der Waals surface area contributed by atoms with Gasteiger partial charge in [-0.1, -0.05) is 28.1 Å². The maximum Gasteiger partial charge on any atom is 0.224 e. The van der Waals surface area contributed by atoms with Crippen LogP contribution in [0.3, 0.4) is 0 Å². The molecule has 4 heteroatoms. The fraction of sp³-hybridized carbons (Fsp3) is 0.500. The summed E-state index contributed by atoms with van der Waals surface area (Å²) in [5.74, 6) is -0.254. The smallest absolute Gasteiger partial charge is 0.224 e. The van der Waals surface area contributed by atoms with Gasteiger partial charge in [-0.25, -0.2) is 4.39 Å². The fourth-order valence-electron chi connectivity index (χ4n) is 2.03. The summed E-state index contributed by atoms with van der Waals surface area (Å²) in [5.41, 5.74) is 1.18. The molecule has 0 bridgehead atoms. The first kappa shape index (κ1) is 13.5. The van der Waals surface area contributed by atoms with Gasteiger partial charge in [0.2, 0.25) is 5.91 Å². The first-order chi connectivity index (χ1) is 8.63. The Balaban J connectivity index is 1.77. The molecule has 1 aliphatic carbocycles. The first-order valence-corrected chi connectivity index (χ1v) is 7.33. The summed E-state index contributed by atoms with van der Waals surface area (Å²) in [5, 5.41) is 3.97. The molecule has 0 unspecified atom stereocenters. The van der Waals surface area contributed by atoms with Crippen LogP contribution < -0.4 is 5.32 Å². The molecule has 2 rings (SSSR count). The second kappa shape index (κ2) is 5.83. The number of hydrogen-bond acceptors (Lipinski definition) is 1. The second-order valence-electron chi connectivity index (χ2n) is 5.02. The molecule has 1 saturated carbocycles. The van der Waals surface area contributed by atoms with Crippen molar-refractivity contribution in [3.05, 3.63) is 35.6 Å². The minimum Gasteiger partial charge on any atom is -0.355 e. The van der Waals surface area contributed by atoms with E-state index in [4.69, 9.17) is 0 Å². The molecular weight excluding hydrogens is 297 g/mol. The van der Waals surface area contributed by atoms with Crippen molar-refractivity contribution in [3.8, 4) is 0 Å². The van der Waals surface area contributed by atoms with Crippen LogP contribution in [-0.2, 0) is 11.2 Å². The highest BCUT2D eigenvalue weighted by molar-refractivity contribution is 9.09.